The molecule has 0 atom stereocenters. The standard InChI is InChI=1S/C17H10Cl2N2O3S/c18-10-2-1-3-11(15(10)19)20-17-21-16(22)14(25-17)7-9-4-5-12-13(6-9)24-8-23-12/h1-7H,8H2,(H,20,21,22)/b14-7-. The van der Waals surface area contributed by atoms with Gasteiger partial charge in [-0.15, -0.1) is 0 Å². The van der Waals surface area contributed by atoms with E-state index < -0.39 is 0 Å². The first-order chi connectivity index (χ1) is 12.1. The van der Waals surface area contributed by atoms with Gasteiger partial charge in [0.25, 0.3) is 5.91 Å². The summed E-state index contributed by atoms with van der Waals surface area (Å²) in [5.41, 5.74) is 1.34. The second-order valence-electron chi connectivity index (χ2n) is 5.17. The van der Waals surface area contributed by atoms with Crippen LogP contribution in [0.15, 0.2) is 46.3 Å². The summed E-state index contributed by atoms with van der Waals surface area (Å²) >= 11 is 13.3. The number of amidine groups is 1. The highest BCUT2D eigenvalue weighted by atomic mass is 35.5. The number of thioether (sulfide) groups is 1. The van der Waals surface area contributed by atoms with Crippen molar-refractivity contribution in [2.45, 2.75) is 0 Å². The quantitative estimate of drug-likeness (QED) is 0.757. The number of amides is 1. The summed E-state index contributed by atoms with van der Waals surface area (Å²) in [4.78, 5) is 17.1. The molecular weight excluding hydrogens is 383 g/mol. The van der Waals surface area contributed by atoms with Crippen molar-refractivity contribution in [1.29, 1.82) is 0 Å². The van der Waals surface area contributed by atoms with E-state index in [9.17, 15) is 4.79 Å². The highest BCUT2D eigenvalue weighted by Gasteiger charge is 2.24. The molecule has 1 saturated heterocycles. The average Bonchev–Trinajstić information content (AvgIpc) is 3.18. The lowest BCUT2D eigenvalue weighted by molar-refractivity contribution is -0.115. The van der Waals surface area contributed by atoms with Gasteiger partial charge in [0.05, 0.1) is 20.6 Å². The minimum absolute atomic E-state index is 0.210. The van der Waals surface area contributed by atoms with E-state index in [1.807, 2.05) is 18.2 Å². The van der Waals surface area contributed by atoms with Crippen molar-refractivity contribution in [2.75, 3.05) is 6.79 Å². The molecule has 1 amide bonds. The Balaban J connectivity index is 1.60. The van der Waals surface area contributed by atoms with Gasteiger partial charge >= 0.3 is 0 Å². The molecule has 2 aromatic carbocycles. The third-order valence-electron chi connectivity index (χ3n) is 3.50. The van der Waals surface area contributed by atoms with Crippen molar-refractivity contribution in [1.82, 2.24) is 5.32 Å². The van der Waals surface area contributed by atoms with Crippen LogP contribution in [0.3, 0.4) is 0 Å². The molecule has 2 aliphatic heterocycles. The first kappa shape index (κ1) is 16.3. The van der Waals surface area contributed by atoms with Crippen molar-refractivity contribution >= 4 is 57.8 Å². The lowest BCUT2D eigenvalue weighted by atomic mass is 10.2. The highest BCUT2D eigenvalue weighted by molar-refractivity contribution is 8.18. The Morgan fingerprint density at radius 3 is 2.88 bits per heavy atom. The molecule has 0 saturated carbocycles. The van der Waals surface area contributed by atoms with Crippen LogP contribution in [0.2, 0.25) is 10.0 Å². The minimum Gasteiger partial charge on any atom is -0.454 e. The van der Waals surface area contributed by atoms with Gasteiger partial charge in [0.1, 0.15) is 0 Å². The maximum Gasteiger partial charge on any atom is 0.264 e. The largest absolute Gasteiger partial charge is 0.454 e. The summed E-state index contributed by atoms with van der Waals surface area (Å²) in [6, 6.07) is 10.7. The molecule has 0 spiro atoms. The fourth-order valence-corrected chi connectivity index (χ4v) is 3.50. The number of carbonyl (C=O) groups excluding carboxylic acids is 1. The van der Waals surface area contributed by atoms with Gasteiger partial charge in [0, 0.05) is 0 Å². The summed E-state index contributed by atoms with van der Waals surface area (Å²) in [7, 11) is 0. The molecule has 1 fully saturated rings. The molecule has 0 radical (unpaired) electrons. The van der Waals surface area contributed by atoms with Crippen molar-refractivity contribution in [3.63, 3.8) is 0 Å². The number of halogens is 2. The number of aliphatic imine (C=N–C) groups is 1. The van der Waals surface area contributed by atoms with E-state index in [-0.39, 0.29) is 12.7 Å². The number of fused-ring (bicyclic) bond motifs is 1. The molecule has 1 N–H and O–H groups in total. The Morgan fingerprint density at radius 2 is 2.00 bits per heavy atom. The third kappa shape index (κ3) is 3.33. The van der Waals surface area contributed by atoms with Crippen molar-refractivity contribution < 1.29 is 14.3 Å². The molecule has 5 nitrogen and oxygen atoms in total. The summed E-state index contributed by atoms with van der Waals surface area (Å²) in [5, 5.41) is 3.92. The van der Waals surface area contributed by atoms with Crippen LogP contribution in [0.25, 0.3) is 6.08 Å². The molecule has 2 aliphatic rings. The molecule has 126 valence electrons. The zero-order chi connectivity index (χ0) is 17.4. The van der Waals surface area contributed by atoms with Gasteiger partial charge in [0.2, 0.25) is 6.79 Å². The Hall–Kier alpha value is -2.15. The van der Waals surface area contributed by atoms with Crippen LogP contribution in [-0.2, 0) is 4.79 Å². The van der Waals surface area contributed by atoms with Crippen molar-refractivity contribution in [3.05, 3.63) is 56.9 Å². The first-order valence-corrected chi connectivity index (χ1v) is 8.80. The predicted octanol–water partition coefficient (Wildman–Crippen LogP) is 4.61. The summed E-state index contributed by atoms with van der Waals surface area (Å²) < 4.78 is 10.6. The molecular formula is C17H10Cl2N2O3S. The number of hydrogen-bond acceptors (Lipinski definition) is 5. The molecule has 0 bridgehead atoms. The fourth-order valence-electron chi connectivity index (χ4n) is 2.32. The number of benzene rings is 2. The molecule has 8 heteroatoms. The van der Waals surface area contributed by atoms with E-state index in [1.54, 1.807) is 24.3 Å². The number of nitrogens with zero attached hydrogens (tertiary/aromatic N) is 1. The number of carbonyl (C=O) groups is 1. The maximum absolute atomic E-state index is 12.2. The number of nitrogens with one attached hydrogen (secondary N) is 1. The van der Waals surface area contributed by atoms with Crippen LogP contribution in [0.1, 0.15) is 5.56 Å². The fraction of sp³-hybridized carbons (Fsp3) is 0.0588. The van der Waals surface area contributed by atoms with Crippen LogP contribution < -0.4 is 14.8 Å². The molecule has 25 heavy (non-hydrogen) atoms. The average molecular weight is 393 g/mol. The SMILES string of the molecule is O=C1NC(=Nc2cccc(Cl)c2Cl)S/C1=C\c1ccc2c(c1)OCO2. The van der Waals surface area contributed by atoms with E-state index in [0.29, 0.717) is 37.3 Å². The van der Waals surface area contributed by atoms with Crippen LogP contribution in [0, 0.1) is 0 Å². The predicted molar refractivity (Wildman–Crippen MR) is 99.8 cm³/mol. The lowest BCUT2D eigenvalue weighted by Gasteiger charge is -2.01. The molecule has 2 aromatic rings. The third-order valence-corrected chi connectivity index (χ3v) is 5.22. The van der Waals surface area contributed by atoms with Gasteiger partial charge in [-0.3, -0.25) is 4.79 Å². The molecule has 2 heterocycles. The summed E-state index contributed by atoms with van der Waals surface area (Å²) in [5.74, 6) is 1.14. The minimum atomic E-state index is -0.223. The smallest absolute Gasteiger partial charge is 0.264 e. The molecule has 0 unspecified atom stereocenters. The maximum atomic E-state index is 12.2. The lowest BCUT2D eigenvalue weighted by Crippen LogP contribution is -2.19. The van der Waals surface area contributed by atoms with Gasteiger partial charge in [-0.05, 0) is 47.7 Å². The Kier molecular flexibility index (Phi) is 4.33. The number of rotatable bonds is 2. The first-order valence-electron chi connectivity index (χ1n) is 7.23. The molecule has 0 aliphatic carbocycles. The molecule has 4 rings (SSSR count). The van der Waals surface area contributed by atoms with Crippen LogP contribution in [0.4, 0.5) is 5.69 Å². The normalized spacial score (nSPS) is 18.9. The van der Waals surface area contributed by atoms with Gasteiger partial charge in [-0.2, -0.15) is 0 Å². The Labute approximate surface area is 157 Å². The van der Waals surface area contributed by atoms with E-state index >= 15 is 0 Å². The van der Waals surface area contributed by atoms with Crippen molar-refractivity contribution in [2.24, 2.45) is 4.99 Å². The van der Waals surface area contributed by atoms with Crippen LogP contribution in [0.5, 0.6) is 11.5 Å². The number of hydrogen-bond donors (Lipinski definition) is 1. The number of ether oxygens (including phenoxy) is 2. The van der Waals surface area contributed by atoms with E-state index in [1.165, 1.54) is 11.8 Å². The topological polar surface area (TPSA) is 59.9 Å². The zero-order valence-corrected chi connectivity index (χ0v) is 14.9. The second kappa shape index (κ2) is 6.63. The summed E-state index contributed by atoms with van der Waals surface area (Å²) in [6.07, 6.45) is 1.77. The van der Waals surface area contributed by atoms with Crippen molar-refractivity contribution in [3.8, 4) is 11.5 Å². The van der Waals surface area contributed by atoms with E-state index in [2.05, 4.69) is 10.3 Å². The Bertz CT molecular complexity index is 943. The Morgan fingerprint density at radius 1 is 1.16 bits per heavy atom. The zero-order valence-electron chi connectivity index (χ0n) is 12.6. The van der Waals surface area contributed by atoms with E-state index in [0.717, 1.165) is 5.56 Å². The van der Waals surface area contributed by atoms with Gasteiger partial charge in [-0.25, -0.2) is 4.99 Å². The van der Waals surface area contributed by atoms with E-state index in [4.69, 9.17) is 32.7 Å². The van der Waals surface area contributed by atoms with Gasteiger partial charge < -0.3 is 14.8 Å². The highest BCUT2D eigenvalue weighted by Crippen LogP contribution is 2.36. The van der Waals surface area contributed by atoms with Gasteiger partial charge in [-0.1, -0.05) is 35.3 Å². The van der Waals surface area contributed by atoms with Gasteiger partial charge in [0.15, 0.2) is 16.7 Å². The van der Waals surface area contributed by atoms with Crippen LogP contribution >= 0.6 is 35.0 Å². The molecule has 0 aromatic heterocycles. The second-order valence-corrected chi connectivity index (χ2v) is 6.98. The monoisotopic (exact) mass is 392 g/mol. The van der Waals surface area contributed by atoms with Crippen LogP contribution in [-0.4, -0.2) is 17.9 Å². The summed E-state index contributed by atoms with van der Waals surface area (Å²) in [6.45, 7) is 0.210.